The molecule has 0 aromatic carbocycles. The standard InChI is InChI=1S/C8H10N2O/c11-5-6-4-8-7(10-6)2-1-3-9-8/h1-3,6,10-11H,4-5H2. The van der Waals surface area contributed by atoms with Gasteiger partial charge in [0.25, 0.3) is 0 Å². The van der Waals surface area contributed by atoms with Gasteiger partial charge in [0.05, 0.1) is 24.0 Å². The van der Waals surface area contributed by atoms with Crippen molar-refractivity contribution in [2.24, 2.45) is 0 Å². The first-order chi connectivity index (χ1) is 5.40. The van der Waals surface area contributed by atoms with Crippen molar-refractivity contribution in [3.05, 3.63) is 24.0 Å². The number of rotatable bonds is 1. The van der Waals surface area contributed by atoms with Crippen LogP contribution in [0.25, 0.3) is 0 Å². The van der Waals surface area contributed by atoms with Crippen LogP contribution in [0.5, 0.6) is 0 Å². The number of nitrogens with one attached hydrogen (secondary N) is 1. The largest absolute Gasteiger partial charge is 0.394 e. The van der Waals surface area contributed by atoms with Gasteiger partial charge in [-0.1, -0.05) is 0 Å². The minimum absolute atomic E-state index is 0.167. The van der Waals surface area contributed by atoms with Crippen LogP contribution < -0.4 is 5.32 Å². The van der Waals surface area contributed by atoms with Crippen LogP contribution in [0.2, 0.25) is 0 Å². The normalized spacial score (nSPS) is 21.0. The number of anilines is 1. The Bertz CT molecular complexity index is 237. The van der Waals surface area contributed by atoms with Gasteiger partial charge in [-0.25, -0.2) is 0 Å². The number of aromatic nitrogens is 1. The zero-order chi connectivity index (χ0) is 7.68. The molecule has 0 bridgehead atoms. The number of aliphatic hydroxyl groups is 1. The number of hydrogen-bond acceptors (Lipinski definition) is 3. The summed E-state index contributed by atoms with van der Waals surface area (Å²) in [4.78, 5) is 4.18. The number of pyridine rings is 1. The van der Waals surface area contributed by atoms with Gasteiger partial charge in [-0.15, -0.1) is 0 Å². The fourth-order valence-corrected chi connectivity index (χ4v) is 1.35. The van der Waals surface area contributed by atoms with Gasteiger partial charge in [0, 0.05) is 12.6 Å². The van der Waals surface area contributed by atoms with Gasteiger partial charge in [-0.2, -0.15) is 0 Å². The van der Waals surface area contributed by atoms with Gasteiger partial charge in [0.15, 0.2) is 0 Å². The topological polar surface area (TPSA) is 45.2 Å². The van der Waals surface area contributed by atoms with Gasteiger partial charge >= 0.3 is 0 Å². The molecule has 0 radical (unpaired) electrons. The maximum atomic E-state index is 8.85. The Hall–Kier alpha value is -1.09. The minimum atomic E-state index is 0.167. The summed E-state index contributed by atoms with van der Waals surface area (Å²) in [6.45, 7) is 0.177. The first-order valence-corrected chi connectivity index (χ1v) is 3.71. The lowest BCUT2D eigenvalue weighted by molar-refractivity contribution is 0.276. The first-order valence-electron chi connectivity index (χ1n) is 3.71. The smallest absolute Gasteiger partial charge is 0.0656 e. The lowest BCUT2D eigenvalue weighted by Gasteiger charge is -2.04. The monoisotopic (exact) mass is 150 g/mol. The Balaban J connectivity index is 2.27. The summed E-state index contributed by atoms with van der Waals surface area (Å²) in [7, 11) is 0. The van der Waals surface area contributed by atoms with Crippen molar-refractivity contribution in [3.8, 4) is 0 Å². The van der Waals surface area contributed by atoms with Crippen LogP contribution in [0.15, 0.2) is 18.3 Å². The molecule has 2 rings (SSSR count). The highest BCUT2D eigenvalue weighted by Crippen LogP contribution is 2.22. The molecule has 1 aromatic rings. The van der Waals surface area contributed by atoms with Crippen LogP contribution >= 0.6 is 0 Å². The van der Waals surface area contributed by atoms with E-state index in [0.717, 1.165) is 17.8 Å². The Morgan fingerprint density at radius 3 is 3.36 bits per heavy atom. The highest BCUT2D eigenvalue weighted by atomic mass is 16.3. The Morgan fingerprint density at radius 2 is 2.64 bits per heavy atom. The molecule has 58 valence electrons. The minimum Gasteiger partial charge on any atom is -0.394 e. The number of nitrogens with zero attached hydrogens (tertiary/aromatic N) is 1. The predicted octanol–water partition coefficient (Wildman–Crippen LogP) is 0.410. The van der Waals surface area contributed by atoms with E-state index in [2.05, 4.69) is 10.3 Å². The molecule has 1 unspecified atom stereocenters. The summed E-state index contributed by atoms with van der Waals surface area (Å²) < 4.78 is 0. The third kappa shape index (κ3) is 1.07. The lowest BCUT2D eigenvalue weighted by Crippen LogP contribution is -2.19. The van der Waals surface area contributed by atoms with Crippen molar-refractivity contribution < 1.29 is 5.11 Å². The van der Waals surface area contributed by atoms with Crippen LogP contribution in [0.3, 0.4) is 0 Å². The SMILES string of the molecule is OCC1Cc2ncccc2N1. The Kier molecular flexibility index (Phi) is 1.51. The summed E-state index contributed by atoms with van der Waals surface area (Å²) in [5.74, 6) is 0. The molecule has 2 heterocycles. The van der Waals surface area contributed by atoms with E-state index >= 15 is 0 Å². The van der Waals surface area contributed by atoms with E-state index < -0.39 is 0 Å². The molecule has 3 nitrogen and oxygen atoms in total. The average Bonchev–Trinajstić information content (AvgIpc) is 2.46. The summed E-state index contributed by atoms with van der Waals surface area (Å²) >= 11 is 0. The zero-order valence-corrected chi connectivity index (χ0v) is 6.12. The molecule has 3 heteroatoms. The molecule has 0 aliphatic carbocycles. The van der Waals surface area contributed by atoms with Crippen molar-refractivity contribution in [2.45, 2.75) is 12.5 Å². The quantitative estimate of drug-likeness (QED) is 0.609. The molecular weight excluding hydrogens is 140 g/mol. The van der Waals surface area contributed by atoms with E-state index in [9.17, 15) is 0 Å². The number of fused-ring (bicyclic) bond motifs is 1. The third-order valence-corrected chi connectivity index (χ3v) is 1.91. The number of hydrogen-bond donors (Lipinski definition) is 2. The van der Waals surface area contributed by atoms with Crippen molar-refractivity contribution in [1.29, 1.82) is 0 Å². The van der Waals surface area contributed by atoms with E-state index in [1.54, 1.807) is 6.20 Å². The van der Waals surface area contributed by atoms with Gasteiger partial charge in [-0.05, 0) is 12.1 Å². The second-order valence-corrected chi connectivity index (χ2v) is 2.73. The first kappa shape index (κ1) is 6.61. The van der Waals surface area contributed by atoms with E-state index in [-0.39, 0.29) is 12.6 Å². The summed E-state index contributed by atoms with van der Waals surface area (Å²) in [6.07, 6.45) is 2.62. The highest BCUT2D eigenvalue weighted by Gasteiger charge is 2.19. The van der Waals surface area contributed by atoms with Crippen molar-refractivity contribution in [2.75, 3.05) is 11.9 Å². The molecule has 1 aliphatic heterocycles. The van der Waals surface area contributed by atoms with Crippen LogP contribution in [0, 0.1) is 0 Å². The van der Waals surface area contributed by atoms with Crippen LogP contribution in [-0.2, 0) is 6.42 Å². The zero-order valence-electron chi connectivity index (χ0n) is 6.12. The molecule has 0 saturated carbocycles. The van der Waals surface area contributed by atoms with Gasteiger partial charge in [-0.3, -0.25) is 4.98 Å². The van der Waals surface area contributed by atoms with Crippen LogP contribution in [0.1, 0.15) is 5.69 Å². The maximum Gasteiger partial charge on any atom is 0.0656 e. The molecule has 1 aliphatic rings. The Morgan fingerprint density at radius 1 is 1.73 bits per heavy atom. The summed E-state index contributed by atoms with van der Waals surface area (Å²) in [6, 6.07) is 4.05. The average molecular weight is 150 g/mol. The molecule has 1 atom stereocenters. The van der Waals surface area contributed by atoms with Gasteiger partial charge in [0.1, 0.15) is 0 Å². The van der Waals surface area contributed by atoms with E-state index in [1.165, 1.54) is 0 Å². The molecule has 0 saturated heterocycles. The fourth-order valence-electron chi connectivity index (χ4n) is 1.35. The molecule has 0 amide bonds. The van der Waals surface area contributed by atoms with Gasteiger partial charge < -0.3 is 10.4 Å². The lowest BCUT2D eigenvalue weighted by atomic mass is 10.2. The van der Waals surface area contributed by atoms with Crippen molar-refractivity contribution >= 4 is 5.69 Å². The van der Waals surface area contributed by atoms with Crippen LogP contribution in [-0.4, -0.2) is 22.7 Å². The summed E-state index contributed by atoms with van der Waals surface area (Å²) in [5.41, 5.74) is 2.12. The maximum absolute atomic E-state index is 8.85. The highest BCUT2D eigenvalue weighted by molar-refractivity contribution is 5.53. The molecule has 0 fully saturated rings. The second kappa shape index (κ2) is 2.51. The molecule has 0 spiro atoms. The van der Waals surface area contributed by atoms with Crippen LogP contribution in [0.4, 0.5) is 5.69 Å². The molecule has 11 heavy (non-hydrogen) atoms. The predicted molar refractivity (Wildman–Crippen MR) is 42.4 cm³/mol. The summed E-state index contributed by atoms with van der Waals surface area (Å²) in [5, 5.41) is 12.0. The molecule has 1 aromatic heterocycles. The van der Waals surface area contributed by atoms with Gasteiger partial charge in [0.2, 0.25) is 0 Å². The third-order valence-electron chi connectivity index (χ3n) is 1.91. The Labute approximate surface area is 65.1 Å². The van der Waals surface area contributed by atoms with E-state index in [1.807, 2.05) is 12.1 Å². The van der Waals surface area contributed by atoms with E-state index in [0.29, 0.717) is 0 Å². The second-order valence-electron chi connectivity index (χ2n) is 2.73. The molecular formula is C8H10N2O. The van der Waals surface area contributed by atoms with E-state index in [4.69, 9.17) is 5.11 Å². The fraction of sp³-hybridized carbons (Fsp3) is 0.375. The van der Waals surface area contributed by atoms with Crippen molar-refractivity contribution in [3.63, 3.8) is 0 Å². The van der Waals surface area contributed by atoms with Crippen molar-refractivity contribution in [1.82, 2.24) is 4.98 Å². The number of aliphatic hydroxyl groups excluding tert-OH is 1. The molecule has 2 N–H and O–H groups in total.